The van der Waals surface area contributed by atoms with E-state index in [4.69, 9.17) is 5.73 Å². The van der Waals surface area contributed by atoms with Crippen LogP contribution in [-0.2, 0) is 0 Å². The molecule has 0 saturated heterocycles. The summed E-state index contributed by atoms with van der Waals surface area (Å²) < 4.78 is 34.6. The van der Waals surface area contributed by atoms with E-state index < -0.39 is 11.9 Å². The SMILES string of the molecule is NCCCCSCC(F)(F)F. The second kappa shape index (κ2) is 5.71. The molecule has 0 aromatic carbocycles. The minimum absolute atomic E-state index is 0.552. The van der Waals surface area contributed by atoms with Crippen LogP contribution in [0.3, 0.4) is 0 Å². The van der Waals surface area contributed by atoms with Gasteiger partial charge in [0.25, 0.3) is 0 Å². The van der Waals surface area contributed by atoms with Crippen molar-refractivity contribution < 1.29 is 13.2 Å². The molecule has 0 unspecified atom stereocenters. The number of alkyl halides is 3. The summed E-state index contributed by atoms with van der Waals surface area (Å²) in [7, 11) is 0. The van der Waals surface area contributed by atoms with Crippen molar-refractivity contribution in [2.45, 2.75) is 19.0 Å². The van der Waals surface area contributed by atoms with E-state index in [1.165, 1.54) is 0 Å². The van der Waals surface area contributed by atoms with E-state index in [9.17, 15) is 13.2 Å². The lowest BCUT2D eigenvalue weighted by atomic mass is 10.3. The van der Waals surface area contributed by atoms with Gasteiger partial charge in [0, 0.05) is 0 Å². The third-order valence-corrected chi connectivity index (χ3v) is 2.12. The average molecular weight is 187 g/mol. The van der Waals surface area contributed by atoms with E-state index in [0.29, 0.717) is 12.3 Å². The molecule has 0 rings (SSSR count). The van der Waals surface area contributed by atoms with Crippen molar-refractivity contribution in [1.29, 1.82) is 0 Å². The maximum Gasteiger partial charge on any atom is 0.397 e. The minimum Gasteiger partial charge on any atom is -0.330 e. The maximum absolute atomic E-state index is 11.5. The van der Waals surface area contributed by atoms with E-state index in [-0.39, 0.29) is 0 Å². The first-order chi connectivity index (χ1) is 5.06. The molecule has 0 aromatic rings. The standard InChI is InChI=1S/C6H12F3NS/c7-6(8,9)5-11-4-2-1-3-10/h1-5,10H2. The van der Waals surface area contributed by atoms with Gasteiger partial charge in [0.05, 0.1) is 5.75 Å². The molecule has 0 aliphatic rings. The van der Waals surface area contributed by atoms with Crippen LogP contribution in [0.5, 0.6) is 0 Å². The second-order valence-corrected chi connectivity index (χ2v) is 3.27. The Morgan fingerprint density at radius 3 is 2.27 bits per heavy atom. The molecular formula is C6H12F3NS. The van der Waals surface area contributed by atoms with Crippen molar-refractivity contribution in [2.75, 3.05) is 18.1 Å². The van der Waals surface area contributed by atoms with Gasteiger partial charge in [-0.25, -0.2) is 0 Å². The molecule has 68 valence electrons. The highest BCUT2D eigenvalue weighted by atomic mass is 32.2. The Balaban J connectivity index is 3.02. The van der Waals surface area contributed by atoms with Crippen molar-refractivity contribution in [2.24, 2.45) is 5.73 Å². The molecule has 0 amide bonds. The number of thioether (sulfide) groups is 1. The number of rotatable bonds is 5. The molecule has 0 aliphatic carbocycles. The molecule has 5 heteroatoms. The van der Waals surface area contributed by atoms with Gasteiger partial charge in [-0.15, -0.1) is 0 Å². The highest BCUT2D eigenvalue weighted by molar-refractivity contribution is 7.99. The Kier molecular flexibility index (Phi) is 5.76. The van der Waals surface area contributed by atoms with Gasteiger partial charge in [-0.3, -0.25) is 0 Å². The van der Waals surface area contributed by atoms with Crippen molar-refractivity contribution in [1.82, 2.24) is 0 Å². The summed E-state index contributed by atoms with van der Waals surface area (Å²) in [6.45, 7) is 0.562. The second-order valence-electron chi connectivity index (χ2n) is 2.16. The van der Waals surface area contributed by atoms with Crippen LogP contribution in [0.2, 0.25) is 0 Å². The van der Waals surface area contributed by atoms with Crippen LogP contribution >= 0.6 is 11.8 Å². The number of nitrogens with two attached hydrogens (primary N) is 1. The number of unbranched alkanes of at least 4 members (excludes halogenated alkanes) is 1. The van der Waals surface area contributed by atoms with Gasteiger partial charge in [0.1, 0.15) is 0 Å². The van der Waals surface area contributed by atoms with Crippen LogP contribution in [0.15, 0.2) is 0 Å². The van der Waals surface area contributed by atoms with Gasteiger partial charge in [-0.05, 0) is 25.1 Å². The molecule has 2 N–H and O–H groups in total. The van der Waals surface area contributed by atoms with Gasteiger partial charge >= 0.3 is 6.18 Å². The van der Waals surface area contributed by atoms with Crippen LogP contribution < -0.4 is 5.73 Å². The smallest absolute Gasteiger partial charge is 0.330 e. The monoisotopic (exact) mass is 187 g/mol. The highest BCUT2D eigenvalue weighted by Gasteiger charge is 2.26. The fourth-order valence-corrected chi connectivity index (χ4v) is 1.32. The summed E-state index contributed by atoms with van der Waals surface area (Å²) >= 11 is 0.920. The van der Waals surface area contributed by atoms with E-state index >= 15 is 0 Å². The Morgan fingerprint density at radius 2 is 1.82 bits per heavy atom. The number of hydrogen-bond acceptors (Lipinski definition) is 2. The first kappa shape index (κ1) is 11.1. The lowest BCUT2D eigenvalue weighted by Gasteiger charge is -2.04. The molecule has 0 radical (unpaired) electrons. The summed E-state index contributed by atoms with van der Waals surface area (Å²) in [4.78, 5) is 0. The molecule has 0 aliphatic heterocycles. The fourth-order valence-electron chi connectivity index (χ4n) is 0.536. The third kappa shape index (κ3) is 10.1. The Labute approximate surface area is 68.5 Å². The van der Waals surface area contributed by atoms with Crippen molar-refractivity contribution >= 4 is 11.8 Å². The number of hydrogen-bond donors (Lipinski definition) is 1. The van der Waals surface area contributed by atoms with E-state index in [2.05, 4.69) is 0 Å². The average Bonchev–Trinajstić information content (AvgIpc) is 1.85. The van der Waals surface area contributed by atoms with Crippen molar-refractivity contribution in [3.05, 3.63) is 0 Å². The molecular weight excluding hydrogens is 175 g/mol. The summed E-state index contributed by atoms with van der Waals surface area (Å²) in [5.41, 5.74) is 5.17. The molecule has 0 bridgehead atoms. The topological polar surface area (TPSA) is 26.0 Å². The zero-order valence-electron chi connectivity index (χ0n) is 6.16. The fraction of sp³-hybridized carbons (Fsp3) is 1.00. The van der Waals surface area contributed by atoms with Gasteiger partial charge in [-0.1, -0.05) is 0 Å². The predicted octanol–water partition coefficient (Wildman–Crippen LogP) is 2.02. The Morgan fingerprint density at radius 1 is 1.18 bits per heavy atom. The molecule has 0 heterocycles. The lowest BCUT2D eigenvalue weighted by molar-refractivity contribution is -0.105. The summed E-state index contributed by atoms with van der Waals surface area (Å²) in [5.74, 6) is -0.186. The Bertz CT molecular complexity index is 94.3. The normalized spacial score (nSPS) is 12.0. The van der Waals surface area contributed by atoms with E-state index in [1.807, 2.05) is 0 Å². The van der Waals surface area contributed by atoms with Crippen molar-refractivity contribution in [3.63, 3.8) is 0 Å². The molecule has 0 aromatic heterocycles. The predicted molar refractivity (Wildman–Crippen MR) is 41.7 cm³/mol. The lowest BCUT2D eigenvalue weighted by Crippen LogP contribution is -2.11. The first-order valence-electron chi connectivity index (χ1n) is 3.41. The van der Waals surface area contributed by atoms with Gasteiger partial charge in [-0.2, -0.15) is 24.9 Å². The van der Waals surface area contributed by atoms with Gasteiger partial charge in [0.2, 0.25) is 0 Å². The van der Waals surface area contributed by atoms with Gasteiger partial charge < -0.3 is 5.73 Å². The maximum atomic E-state index is 11.5. The largest absolute Gasteiger partial charge is 0.397 e. The molecule has 0 atom stereocenters. The zero-order valence-corrected chi connectivity index (χ0v) is 6.97. The molecule has 0 spiro atoms. The van der Waals surface area contributed by atoms with Gasteiger partial charge in [0.15, 0.2) is 0 Å². The summed E-state index contributed by atoms with van der Waals surface area (Å²) in [6.07, 6.45) is -2.44. The molecule has 0 fully saturated rings. The van der Waals surface area contributed by atoms with Crippen LogP contribution in [0, 0.1) is 0 Å². The molecule has 1 nitrogen and oxygen atoms in total. The van der Waals surface area contributed by atoms with E-state index in [1.54, 1.807) is 0 Å². The minimum atomic E-state index is -4.02. The zero-order chi connectivity index (χ0) is 8.74. The summed E-state index contributed by atoms with van der Waals surface area (Å²) in [5, 5.41) is 0. The van der Waals surface area contributed by atoms with E-state index in [0.717, 1.165) is 24.6 Å². The summed E-state index contributed by atoms with van der Waals surface area (Å²) in [6, 6.07) is 0. The van der Waals surface area contributed by atoms with Crippen LogP contribution in [0.4, 0.5) is 13.2 Å². The highest BCUT2D eigenvalue weighted by Crippen LogP contribution is 2.21. The number of halogens is 3. The Hall–Kier alpha value is 0.100. The van der Waals surface area contributed by atoms with Crippen LogP contribution in [0.25, 0.3) is 0 Å². The molecule has 0 saturated carbocycles. The quantitative estimate of drug-likeness (QED) is 0.666. The van der Waals surface area contributed by atoms with Crippen LogP contribution in [0.1, 0.15) is 12.8 Å². The van der Waals surface area contributed by atoms with Crippen molar-refractivity contribution in [3.8, 4) is 0 Å². The molecule has 11 heavy (non-hydrogen) atoms. The third-order valence-electron chi connectivity index (χ3n) is 1.01. The first-order valence-corrected chi connectivity index (χ1v) is 4.56. The van der Waals surface area contributed by atoms with Crippen LogP contribution in [-0.4, -0.2) is 24.2 Å².